The van der Waals surface area contributed by atoms with Crippen LogP contribution < -0.4 is 11.1 Å². The SMILES string of the molecule is CSCC[C@H](N)C(=O)NC(C)CO. The third kappa shape index (κ3) is 5.90. The average molecular weight is 206 g/mol. The maximum atomic E-state index is 11.3. The van der Waals surface area contributed by atoms with E-state index < -0.39 is 6.04 Å². The third-order valence-electron chi connectivity index (χ3n) is 1.63. The lowest BCUT2D eigenvalue weighted by atomic mass is 10.2. The van der Waals surface area contributed by atoms with E-state index in [9.17, 15) is 4.79 Å². The predicted molar refractivity (Wildman–Crippen MR) is 55.7 cm³/mol. The first-order chi connectivity index (χ1) is 6.11. The highest BCUT2D eigenvalue weighted by molar-refractivity contribution is 7.98. The Hall–Kier alpha value is -0.260. The summed E-state index contributed by atoms with van der Waals surface area (Å²) < 4.78 is 0. The van der Waals surface area contributed by atoms with Gasteiger partial charge in [0.2, 0.25) is 5.91 Å². The highest BCUT2D eigenvalue weighted by Crippen LogP contribution is 1.98. The molecule has 0 aromatic heterocycles. The molecule has 0 rings (SSSR count). The van der Waals surface area contributed by atoms with Gasteiger partial charge in [0.05, 0.1) is 12.6 Å². The van der Waals surface area contributed by atoms with Crippen LogP contribution in [0.25, 0.3) is 0 Å². The lowest BCUT2D eigenvalue weighted by molar-refractivity contribution is -0.123. The van der Waals surface area contributed by atoms with Gasteiger partial charge in [0.25, 0.3) is 0 Å². The molecule has 0 aliphatic rings. The summed E-state index contributed by atoms with van der Waals surface area (Å²) in [6.45, 7) is 1.68. The Balaban J connectivity index is 3.68. The van der Waals surface area contributed by atoms with Crippen molar-refractivity contribution in [2.24, 2.45) is 5.73 Å². The Morgan fingerprint density at radius 2 is 2.31 bits per heavy atom. The van der Waals surface area contributed by atoms with Gasteiger partial charge in [-0.2, -0.15) is 11.8 Å². The minimum absolute atomic E-state index is 0.0546. The molecule has 0 bridgehead atoms. The third-order valence-corrected chi connectivity index (χ3v) is 2.28. The van der Waals surface area contributed by atoms with Crippen molar-refractivity contribution in [3.63, 3.8) is 0 Å². The molecule has 2 atom stereocenters. The lowest BCUT2D eigenvalue weighted by Crippen LogP contribution is -2.45. The minimum atomic E-state index is -0.457. The van der Waals surface area contributed by atoms with E-state index in [2.05, 4.69) is 5.32 Å². The number of aliphatic hydroxyl groups excluding tert-OH is 1. The maximum absolute atomic E-state index is 11.3. The number of carbonyl (C=O) groups excluding carboxylic acids is 1. The average Bonchev–Trinajstić information content (AvgIpc) is 2.13. The van der Waals surface area contributed by atoms with Crippen molar-refractivity contribution < 1.29 is 9.90 Å². The van der Waals surface area contributed by atoms with Crippen molar-refractivity contribution in [3.05, 3.63) is 0 Å². The zero-order valence-electron chi connectivity index (χ0n) is 8.12. The van der Waals surface area contributed by atoms with Crippen LogP contribution in [-0.2, 0) is 4.79 Å². The summed E-state index contributed by atoms with van der Waals surface area (Å²) in [6, 6.07) is -0.672. The molecular weight excluding hydrogens is 188 g/mol. The van der Waals surface area contributed by atoms with Crippen molar-refractivity contribution in [2.45, 2.75) is 25.4 Å². The van der Waals surface area contributed by atoms with Crippen LogP contribution >= 0.6 is 11.8 Å². The Morgan fingerprint density at radius 1 is 1.69 bits per heavy atom. The second-order valence-electron chi connectivity index (χ2n) is 2.98. The van der Waals surface area contributed by atoms with Crippen molar-refractivity contribution in [2.75, 3.05) is 18.6 Å². The molecule has 13 heavy (non-hydrogen) atoms. The van der Waals surface area contributed by atoms with Gasteiger partial charge in [0, 0.05) is 6.04 Å². The standard InChI is InChI=1S/C8H18N2O2S/c1-6(5-11)10-8(12)7(9)3-4-13-2/h6-7,11H,3-5,9H2,1-2H3,(H,10,12)/t6?,7-/m0/s1. The molecule has 0 saturated heterocycles. The van der Waals surface area contributed by atoms with Gasteiger partial charge in [-0.3, -0.25) is 4.79 Å². The fourth-order valence-corrected chi connectivity index (χ4v) is 1.26. The second-order valence-corrected chi connectivity index (χ2v) is 3.97. The van der Waals surface area contributed by atoms with Crippen molar-refractivity contribution in [1.82, 2.24) is 5.32 Å². The second kappa shape index (κ2) is 7.17. The molecule has 0 aromatic carbocycles. The smallest absolute Gasteiger partial charge is 0.237 e. The number of nitrogens with one attached hydrogen (secondary N) is 1. The summed E-state index contributed by atoms with van der Waals surface area (Å²) in [4.78, 5) is 11.3. The van der Waals surface area contributed by atoms with Gasteiger partial charge in [0.1, 0.15) is 0 Å². The van der Waals surface area contributed by atoms with Crippen LogP contribution in [0.1, 0.15) is 13.3 Å². The first-order valence-corrected chi connectivity index (χ1v) is 5.67. The molecule has 0 saturated carbocycles. The highest BCUT2D eigenvalue weighted by Gasteiger charge is 2.14. The van der Waals surface area contributed by atoms with Gasteiger partial charge in [-0.15, -0.1) is 0 Å². The number of nitrogens with two attached hydrogens (primary N) is 1. The zero-order chi connectivity index (χ0) is 10.3. The lowest BCUT2D eigenvalue weighted by Gasteiger charge is -2.15. The van der Waals surface area contributed by atoms with Gasteiger partial charge < -0.3 is 16.2 Å². The van der Waals surface area contributed by atoms with E-state index >= 15 is 0 Å². The van der Waals surface area contributed by atoms with Crippen LogP contribution in [0, 0.1) is 0 Å². The number of thioether (sulfide) groups is 1. The maximum Gasteiger partial charge on any atom is 0.237 e. The van der Waals surface area contributed by atoms with E-state index in [-0.39, 0.29) is 18.6 Å². The minimum Gasteiger partial charge on any atom is -0.394 e. The fraction of sp³-hybridized carbons (Fsp3) is 0.875. The number of amides is 1. The van der Waals surface area contributed by atoms with Crippen LogP contribution in [0.4, 0.5) is 0 Å². The molecule has 5 heteroatoms. The van der Waals surface area contributed by atoms with Gasteiger partial charge in [-0.1, -0.05) is 0 Å². The van der Waals surface area contributed by atoms with E-state index in [1.807, 2.05) is 6.26 Å². The van der Waals surface area contributed by atoms with Crippen LogP contribution in [-0.4, -0.2) is 41.7 Å². The van der Waals surface area contributed by atoms with Crippen LogP contribution in [0.3, 0.4) is 0 Å². The number of hydrogen-bond donors (Lipinski definition) is 3. The summed E-state index contributed by atoms with van der Waals surface area (Å²) >= 11 is 1.66. The predicted octanol–water partition coefficient (Wildman–Crippen LogP) is -0.436. The van der Waals surface area contributed by atoms with Crippen LogP contribution in [0.5, 0.6) is 0 Å². The topological polar surface area (TPSA) is 75.4 Å². The molecule has 0 aliphatic heterocycles. The van der Waals surface area contributed by atoms with E-state index in [1.165, 1.54) is 0 Å². The van der Waals surface area contributed by atoms with E-state index in [0.717, 1.165) is 5.75 Å². The summed E-state index contributed by atoms with van der Waals surface area (Å²) in [5.74, 6) is 0.692. The molecule has 4 N–H and O–H groups in total. The summed E-state index contributed by atoms with van der Waals surface area (Å²) in [5.41, 5.74) is 5.60. The molecule has 0 radical (unpaired) electrons. The number of rotatable bonds is 6. The monoisotopic (exact) mass is 206 g/mol. The van der Waals surface area contributed by atoms with Crippen molar-refractivity contribution in [3.8, 4) is 0 Å². The van der Waals surface area contributed by atoms with Gasteiger partial charge in [-0.05, 0) is 25.4 Å². The molecular formula is C8H18N2O2S. The van der Waals surface area contributed by atoms with E-state index in [4.69, 9.17) is 10.8 Å². The molecule has 78 valence electrons. The Morgan fingerprint density at radius 3 is 2.77 bits per heavy atom. The van der Waals surface area contributed by atoms with Gasteiger partial charge >= 0.3 is 0 Å². The summed E-state index contributed by atoms with van der Waals surface area (Å²) in [7, 11) is 0. The first kappa shape index (κ1) is 12.7. The van der Waals surface area contributed by atoms with E-state index in [1.54, 1.807) is 18.7 Å². The largest absolute Gasteiger partial charge is 0.394 e. The first-order valence-electron chi connectivity index (χ1n) is 4.27. The highest BCUT2D eigenvalue weighted by atomic mass is 32.2. The molecule has 1 unspecified atom stereocenters. The van der Waals surface area contributed by atoms with Crippen molar-refractivity contribution in [1.29, 1.82) is 0 Å². The van der Waals surface area contributed by atoms with E-state index in [0.29, 0.717) is 6.42 Å². The molecule has 0 aliphatic carbocycles. The Kier molecular flexibility index (Phi) is 7.03. The fourth-order valence-electron chi connectivity index (χ4n) is 0.771. The van der Waals surface area contributed by atoms with Crippen molar-refractivity contribution >= 4 is 17.7 Å². The molecule has 0 fully saturated rings. The zero-order valence-corrected chi connectivity index (χ0v) is 8.93. The van der Waals surface area contributed by atoms with Gasteiger partial charge in [-0.25, -0.2) is 0 Å². The normalized spacial score (nSPS) is 15.1. The van der Waals surface area contributed by atoms with Crippen LogP contribution in [0.15, 0.2) is 0 Å². The molecule has 1 amide bonds. The summed E-state index contributed by atoms with van der Waals surface area (Å²) in [5, 5.41) is 11.3. The van der Waals surface area contributed by atoms with Gasteiger partial charge in [0.15, 0.2) is 0 Å². The molecule has 0 heterocycles. The number of aliphatic hydroxyl groups is 1. The Bertz CT molecular complexity index is 155. The quantitative estimate of drug-likeness (QED) is 0.551. The molecule has 4 nitrogen and oxygen atoms in total. The Labute approximate surface area is 83.3 Å². The molecule has 0 spiro atoms. The summed E-state index contributed by atoms with van der Waals surface area (Å²) in [6.07, 6.45) is 2.64. The number of hydrogen-bond acceptors (Lipinski definition) is 4. The number of carbonyl (C=O) groups is 1. The van der Waals surface area contributed by atoms with Crippen LogP contribution in [0.2, 0.25) is 0 Å². The molecule has 0 aromatic rings.